The first-order valence-electron chi connectivity index (χ1n) is 7.22. The van der Waals surface area contributed by atoms with Crippen LogP contribution in [0.15, 0.2) is 18.2 Å². The highest BCUT2D eigenvalue weighted by Crippen LogP contribution is 2.29. The van der Waals surface area contributed by atoms with Crippen molar-refractivity contribution in [3.8, 4) is 0 Å². The first-order chi connectivity index (χ1) is 9.99. The van der Waals surface area contributed by atoms with E-state index in [1.54, 1.807) is 18.2 Å². The Balaban J connectivity index is 2.01. The number of likely N-dealkylation sites (tertiary alicyclic amines) is 1. The number of anilines is 1. The number of hydrogen-bond donors (Lipinski definition) is 2. The molecule has 0 aliphatic carbocycles. The van der Waals surface area contributed by atoms with Gasteiger partial charge in [0.2, 0.25) is 5.91 Å². The van der Waals surface area contributed by atoms with Crippen molar-refractivity contribution in [2.45, 2.75) is 38.3 Å². The van der Waals surface area contributed by atoms with Gasteiger partial charge < -0.3 is 11.1 Å². The number of nitrogens with two attached hydrogens (primary N) is 1. The predicted octanol–water partition coefficient (Wildman–Crippen LogP) is 3.13. The molecular formula is C15H21Cl2N3O. The molecule has 21 heavy (non-hydrogen) atoms. The van der Waals surface area contributed by atoms with Crippen molar-refractivity contribution in [2.24, 2.45) is 5.73 Å². The van der Waals surface area contributed by atoms with Crippen molar-refractivity contribution in [1.29, 1.82) is 0 Å². The molecular weight excluding hydrogens is 309 g/mol. The standard InChI is InChI=1S/C15H21Cl2N3O/c1-10(18)13-7-2-3-8-20(13)9-14(21)19-15-11(16)5-4-6-12(15)17/h4-6,10,13H,2-3,7-9,18H2,1H3,(H,19,21). The molecule has 1 aromatic carbocycles. The number of carbonyl (C=O) groups excluding carboxylic acids is 1. The van der Waals surface area contributed by atoms with Crippen molar-refractivity contribution in [3.05, 3.63) is 28.2 Å². The van der Waals surface area contributed by atoms with Crippen LogP contribution in [0.5, 0.6) is 0 Å². The number of halogens is 2. The molecule has 1 saturated heterocycles. The van der Waals surface area contributed by atoms with Crippen LogP contribution >= 0.6 is 23.2 Å². The fourth-order valence-electron chi connectivity index (χ4n) is 2.79. The average molecular weight is 330 g/mol. The highest BCUT2D eigenvalue weighted by molar-refractivity contribution is 6.39. The minimum absolute atomic E-state index is 0.0574. The Labute approximate surface area is 135 Å². The Morgan fingerprint density at radius 2 is 2.10 bits per heavy atom. The lowest BCUT2D eigenvalue weighted by Gasteiger charge is -2.37. The van der Waals surface area contributed by atoms with Crippen LogP contribution in [-0.4, -0.2) is 36.0 Å². The molecule has 1 amide bonds. The van der Waals surface area contributed by atoms with Crippen LogP contribution in [0.3, 0.4) is 0 Å². The Hall–Kier alpha value is -0.810. The zero-order valence-corrected chi connectivity index (χ0v) is 13.6. The SMILES string of the molecule is CC(N)C1CCCCN1CC(=O)Nc1c(Cl)cccc1Cl. The van der Waals surface area contributed by atoms with Gasteiger partial charge in [0.25, 0.3) is 0 Å². The summed E-state index contributed by atoms with van der Waals surface area (Å²) in [5, 5.41) is 3.69. The second-order valence-electron chi connectivity index (χ2n) is 5.54. The van der Waals surface area contributed by atoms with E-state index < -0.39 is 0 Å². The van der Waals surface area contributed by atoms with Crippen LogP contribution in [0.4, 0.5) is 5.69 Å². The second-order valence-corrected chi connectivity index (χ2v) is 6.35. The molecule has 0 saturated carbocycles. The van der Waals surface area contributed by atoms with E-state index in [1.807, 2.05) is 6.92 Å². The van der Waals surface area contributed by atoms with Gasteiger partial charge >= 0.3 is 0 Å². The molecule has 0 radical (unpaired) electrons. The molecule has 116 valence electrons. The van der Waals surface area contributed by atoms with E-state index in [-0.39, 0.29) is 18.0 Å². The van der Waals surface area contributed by atoms with Crippen LogP contribution in [-0.2, 0) is 4.79 Å². The van der Waals surface area contributed by atoms with Gasteiger partial charge in [-0.15, -0.1) is 0 Å². The first kappa shape index (κ1) is 16.6. The predicted molar refractivity (Wildman–Crippen MR) is 88.0 cm³/mol. The fraction of sp³-hybridized carbons (Fsp3) is 0.533. The molecule has 0 aromatic heterocycles. The van der Waals surface area contributed by atoms with Crippen LogP contribution in [0.2, 0.25) is 10.0 Å². The maximum absolute atomic E-state index is 12.2. The largest absolute Gasteiger partial charge is 0.327 e. The summed E-state index contributed by atoms with van der Waals surface area (Å²) in [4.78, 5) is 14.4. The molecule has 1 aliphatic rings. The molecule has 1 fully saturated rings. The minimum atomic E-state index is -0.113. The highest BCUT2D eigenvalue weighted by atomic mass is 35.5. The van der Waals surface area contributed by atoms with Gasteiger partial charge in [-0.3, -0.25) is 9.69 Å². The van der Waals surface area contributed by atoms with Crippen LogP contribution in [0.1, 0.15) is 26.2 Å². The Morgan fingerprint density at radius 3 is 2.71 bits per heavy atom. The number of nitrogens with zero attached hydrogens (tertiary/aromatic N) is 1. The lowest BCUT2D eigenvalue weighted by molar-refractivity contribution is -0.118. The van der Waals surface area contributed by atoms with Gasteiger partial charge in [-0.05, 0) is 38.4 Å². The van der Waals surface area contributed by atoms with Crippen molar-refractivity contribution in [3.63, 3.8) is 0 Å². The number of amides is 1. The quantitative estimate of drug-likeness (QED) is 0.892. The molecule has 2 atom stereocenters. The number of piperidine rings is 1. The van der Waals surface area contributed by atoms with E-state index in [1.165, 1.54) is 6.42 Å². The molecule has 2 rings (SSSR count). The van der Waals surface area contributed by atoms with Gasteiger partial charge in [-0.25, -0.2) is 0 Å². The summed E-state index contributed by atoms with van der Waals surface area (Å²) < 4.78 is 0. The van der Waals surface area contributed by atoms with E-state index in [2.05, 4.69) is 10.2 Å². The van der Waals surface area contributed by atoms with Gasteiger partial charge in [0, 0.05) is 12.1 Å². The lowest BCUT2D eigenvalue weighted by atomic mass is 9.97. The van der Waals surface area contributed by atoms with Crippen molar-refractivity contribution < 1.29 is 4.79 Å². The summed E-state index contributed by atoms with van der Waals surface area (Å²) in [5.41, 5.74) is 6.49. The third kappa shape index (κ3) is 4.33. The van der Waals surface area contributed by atoms with Gasteiger partial charge in [0.15, 0.2) is 0 Å². The summed E-state index contributed by atoms with van der Waals surface area (Å²) in [6.45, 7) is 3.20. The van der Waals surface area contributed by atoms with Crippen molar-refractivity contribution >= 4 is 34.8 Å². The number of carbonyl (C=O) groups is 1. The fourth-order valence-corrected chi connectivity index (χ4v) is 3.28. The zero-order chi connectivity index (χ0) is 15.4. The maximum Gasteiger partial charge on any atom is 0.238 e. The Kier molecular flexibility index (Phi) is 5.88. The monoisotopic (exact) mass is 329 g/mol. The van der Waals surface area contributed by atoms with Crippen molar-refractivity contribution in [1.82, 2.24) is 4.90 Å². The number of nitrogens with one attached hydrogen (secondary N) is 1. The lowest BCUT2D eigenvalue weighted by Crippen LogP contribution is -2.51. The van der Waals surface area contributed by atoms with Crippen LogP contribution in [0.25, 0.3) is 0 Å². The van der Waals surface area contributed by atoms with E-state index >= 15 is 0 Å². The van der Waals surface area contributed by atoms with Crippen molar-refractivity contribution in [2.75, 3.05) is 18.4 Å². The highest BCUT2D eigenvalue weighted by Gasteiger charge is 2.27. The zero-order valence-electron chi connectivity index (χ0n) is 12.1. The third-order valence-corrected chi connectivity index (χ3v) is 4.47. The Bertz CT molecular complexity index is 487. The number of hydrogen-bond acceptors (Lipinski definition) is 3. The van der Waals surface area contributed by atoms with E-state index in [0.717, 1.165) is 19.4 Å². The summed E-state index contributed by atoms with van der Waals surface area (Å²) in [6, 6.07) is 5.47. The summed E-state index contributed by atoms with van der Waals surface area (Å²) in [6.07, 6.45) is 3.31. The molecule has 4 nitrogen and oxygen atoms in total. The number of rotatable bonds is 4. The van der Waals surface area contributed by atoms with Gasteiger partial charge in [-0.2, -0.15) is 0 Å². The normalized spacial score (nSPS) is 21.0. The molecule has 1 heterocycles. The van der Waals surface area contributed by atoms with Gasteiger partial charge in [0.05, 0.1) is 22.3 Å². The summed E-state index contributed by atoms with van der Waals surface area (Å²) >= 11 is 12.1. The summed E-state index contributed by atoms with van der Waals surface area (Å²) in [5.74, 6) is -0.113. The molecule has 0 bridgehead atoms. The molecule has 1 aliphatic heterocycles. The number of para-hydroxylation sites is 1. The molecule has 3 N–H and O–H groups in total. The van der Waals surface area contributed by atoms with E-state index in [0.29, 0.717) is 22.3 Å². The van der Waals surface area contributed by atoms with E-state index in [9.17, 15) is 4.79 Å². The average Bonchev–Trinajstić information content (AvgIpc) is 2.43. The molecule has 0 spiro atoms. The molecule has 2 unspecified atom stereocenters. The van der Waals surface area contributed by atoms with Crippen LogP contribution in [0, 0.1) is 0 Å². The smallest absolute Gasteiger partial charge is 0.238 e. The van der Waals surface area contributed by atoms with Gasteiger partial charge in [0.1, 0.15) is 0 Å². The first-order valence-corrected chi connectivity index (χ1v) is 7.98. The molecule has 1 aromatic rings. The molecule has 6 heteroatoms. The third-order valence-electron chi connectivity index (χ3n) is 3.85. The Morgan fingerprint density at radius 1 is 1.43 bits per heavy atom. The topological polar surface area (TPSA) is 58.4 Å². The number of benzene rings is 1. The minimum Gasteiger partial charge on any atom is -0.327 e. The maximum atomic E-state index is 12.2. The summed E-state index contributed by atoms with van der Waals surface area (Å²) in [7, 11) is 0. The van der Waals surface area contributed by atoms with Crippen LogP contribution < -0.4 is 11.1 Å². The van der Waals surface area contributed by atoms with Gasteiger partial charge in [-0.1, -0.05) is 35.7 Å². The second kappa shape index (κ2) is 7.45. The van der Waals surface area contributed by atoms with E-state index in [4.69, 9.17) is 28.9 Å².